The van der Waals surface area contributed by atoms with Gasteiger partial charge in [-0.3, -0.25) is 4.90 Å². The topological polar surface area (TPSA) is 31.1 Å². The molecule has 0 amide bonds. The van der Waals surface area contributed by atoms with Crippen LogP contribution in [0, 0.1) is 0 Å². The number of nitrogens with one attached hydrogen (secondary N) is 2. The van der Waals surface area contributed by atoms with Crippen LogP contribution >= 0.6 is 11.6 Å². The second kappa shape index (κ2) is 4.92. The van der Waals surface area contributed by atoms with E-state index in [-0.39, 0.29) is 0 Å². The normalized spacial score (nSPS) is 20.9. The highest BCUT2D eigenvalue weighted by molar-refractivity contribution is 6.31. The van der Waals surface area contributed by atoms with Gasteiger partial charge in [0, 0.05) is 47.8 Å². The number of hydrogen-bond acceptors (Lipinski definition) is 2. The summed E-state index contributed by atoms with van der Waals surface area (Å²) < 4.78 is 0. The van der Waals surface area contributed by atoms with E-state index in [2.05, 4.69) is 27.5 Å². The van der Waals surface area contributed by atoms with E-state index in [1.807, 2.05) is 19.2 Å². The van der Waals surface area contributed by atoms with Crippen molar-refractivity contribution in [2.45, 2.75) is 19.0 Å². The minimum Gasteiger partial charge on any atom is -0.361 e. The minimum absolute atomic E-state index is 0.643. The number of aromatic nitrogens is 1. The van der Waals surface area contributed by atoms with Crippen LogP contribution in [0.25, 0.3) is 10.9 Å². The van der Waals surface area contributed by atoms with E-state index in [1.54, 1.807) is 0 Å². The standard InChI is InChI=1S/C14H18ClN3/c1-16-12-4-5-18(9-12)8-10-7-17-14-6-11(15)2-3-13(10)14/h2-3,6-7,12,16-17H,4-5,8-9H2,1H3. The van der Waals surface area contributed by atoms with Crippen LogP contribution in [0.15, 0.2) is 24.4 Å². The van der Waals surface area contributed by atoms with E-state index in [4.69, 9.17) is 11.6 Å². The maximum atomic E-state index is 6.00. The summed E-state index contributed by atoms with van der Waals surface area (Å²) in [5.74, 6) is 0. The third-order valence-corrected chi connectivity index (χ3v) is 4.04. The highest BCUT2D eigenvalue weighted by Crippen LogP contribution is 2.24. The summed E-state index contributed by atoms with van der Waals surface area (Å²) in [7, 11) is 2.04. The molecule has 3 rings (SSSR count). The Bertz CT molecular complexity index is 549. The zero-order chi connectivity index (χ0) is 12.5. The Morgan fingerprint density at radius 1 is 1.50 bits per heavy atom. The monoisotopic (exact) mass is 263 g/mol. The van der Waals surface area contributed by atoms with Crippen molar-refractivity contribution in [3.8, 4) is 0 Å². The molecule has 96 valence electrons. The van der Waals surface area contributed by atoms with Crippen molar-refractivity contribution >= 4 is 22.5 Å². The molecular weight excluding hydrogens is 246 g/mol. The number of nitrogens with zero attached hydrogens (tertiary/aromatic N) is 1. The summed E-state index contributed by atoms with van der Waals surface area (Å²) >= 11 is 6.00. The Labute approximate surface area is 112 Å². The highest BCUT2D eigenvalue weighted by atomic mass is 35.5. The number of rotatable bonds is 3. The molecule has 1 saturated heterocycles. The Morgan fingerprint density at radius 2 is 2.39 bits per heavy atom. The molecule has 0 aliphatic carbocycles. The predicted molar refractivity (Wildman–Crippen MR) is 76.1 cm³/mol. The third-order valence-electron chi connectivity index (χ3n) is 3.80. The third kappa shape index (κ3) is 2.26. The molecule has 0 bridgehead atoms. The van der Waals surface area contributed by atoms with Gasteiger partial charge in [-0.25, -0.2) is 0 Å². The molecule has 4 heteroatoms. The smallest absolute Gasteiger partial charge is 0.0472 e. The molecule has 1 atom stereocenters. The molecule has 1 aliphatic heterocycles. The number of fused-ring (bicyclic) bond motifs is 1. The zero-order valence-corrected chi connectivity index (χ0v) is 11.3. The van der Waals surface area contributed by atoms with Gasteiger partial charge in [0.1, 0.15) is 0 Å². The molecule has 1 aliphatic rings. The Morgan fingerprint density at radius 3 is 3.17 bits per heavy atom. The van der Waals surface area contributed by atoms with Crippen LogP contribution in [-0.4, -0.2) is 36.1 Å². The summed E-state index contributed by atoms with van der Waals surface area (Å²) in [6.45, 7) is 3.32. The molecule has 0 saturated carbocycles. The summed E-state index contributed by atoms with van der Waals surface area (Å²) in [4.78, 5) is 5.80. The van der Waals surface area contributed by atoms with Crippen LogP contribution in [-0.2, 0) is 6.54 Å². The number of H-pyrrole nitrogens is 1. The van der Waals surface area contributed by atoms with Crippen molar-refractivity contribution in [2.24, 2.45) is 0 Å². The van der Waals surface area contributed by atoms with E-state index in [0.717, 1.165) is 23.6 Å². The fourth-order valence-electron chi connectivity index (χ4n) is 2.74. The van der Waals surface area contributed by atoms with Crippen molar-refractivity contribution < 1.29 is 0 Å². The van der Waals surface area contributed by atoms with Gasteiger partial charge in [-0.1, -0.05) is 17.7 Å². The van der Waals surface area contributed by atoms with Gasteiger partial charge >= 0.3 is 0 Å². The van der Waals surface area contributed by atoms with Gasteiger partial charge in [0.25, 0.3) is 0 Å². The molecule has 1 aromatic heterocycles. The first-order valence-corrected chi connectivity index (χ1v) is 6.79. The van der Waals surface area contributed by atoms with Crippen molar-refractivity contribution in [2.75, 3.05) is 20.1 Å². The highest BCUT2D eigenvalue weighted by Gasteiger charge is 2.21. The molecule has 0 spiro atoms. The van der Waals surface area contributed by atoms with Gasteiger partial charge in [-0.05, 0) is 31.2 Å². The Hall–Kier alpha value is -1.03. The summed E-state index contributed by atoms with van der Waals surface area (Å²) in [6.07, 6.45) is 3.35. The van der Waals surface area contributed by atoms with Gasteiger partial charge < -0.3 is 10.3 Å². The number of benzene rings is 1. The average Bonchev–Trinajstić information content (AvgIpc) is 2.97. The molecular formula is C14H18ClN3. The van der Waals surface area contributed by atoms with Crippen molar-refractivity contribution in [3.63, 3.8) is 0 Å². The summed E-state index contributed by atoms with van der Waals surface area (Å²) in [5.41, 5.74) is 2.49. The second-order valence-corrected chi connectivity index (χ2v) is 5.45. The van der Waals surface area contributed by atoms with Gasteiger partial charge in [-0.15, -0.1) is 0 Å². The van der Waals surface area contributed by atoms with E-state index in [9.17, 15) is 0 Å². The van der Waals surface area contributed by atoms with Gasteiger partial charge in [0.15, 0.2) is 0 Å². The quantitative estimate of drug-likeness (QED) is 0.892. The van der Waals surface area contributed by atoms with Gasteiger partial charge in [0.05, 0.1) is 0 Å². The van der Waals surface area contributed by atoms with E-state index >= 15 is 0 Å². The van der Waals surface area contributed by atoms with Gasteiger partial charge in [-0.2, -0.15) is 0 Å². The molecule has 2 aromatic rings. The fraction of sp³-hybridized carbons (Fsp3) is 0.429. The minimum atomic E-state index is 0.643. The first-order chi connectivity index (χ1) is 8.76. The van der Waals surface area contributed by atoms with Crippen LogP contribution in [0.4, 0.5) is 0 Å². The molecule has 1 fully saturated rings. The second-order valence-electron chi connectivity index (χ2n) is 5.01. The van der Waals surface area contributed by atoms with E-state index < -0.39 is 0 Å². The van der Waals surface area contributed by atoms with E-state index in [0.29, 0.717) is 6.04 Å². The van der Waals surface area contributed by atoms with Crippen molar-refractivity contribution in [1.29, 1.82) is 0 Å². The number of hydrogen-bond donors (Lipinski definition) is 2. The van der Waals surface area contributed by atoms with Crippen molar-refractivity contribution in [1.82, 2.24) is 15.2 Å². The van der Waals surface area contributed by atoms with Crippen LogP contribution in [0.5, 0.6) is 0 Å². The van der Waals surface area contributed by atoms with Gasteiger partial charge in [0.2, 0.25) is 0 Å². The van der Waals surface area contributed by atoms with Crippen LogP contribution in [0.2, 0.25) is 5.02 Å². The van der Waals surface area contributed by atoms with E-state index in [1.165, 1.54) is 23.9 Å². The first kappa shape index (κ1) is 12.0. The lowest BCUT2D eigenvalue weighted by molar-refractivity contribution is 0.323. The molecule has 3 nitrogen and oxygen atoms in total. The van der Waals surface area contributed by atoms with Crippen LogP contribution in [0.3, 0.4) is 0 Å². The average molecular weight is 264 g/mol. The van der Waals surface area contributed by atoms with Crippen LogP contribution in [0.1, 0.15) is 12.0 Å². The Kier molecular flexibility index (Phi) is 3.29. The number of halogens is 1. The number of likely N-dealkylation sites (tertiary alicyclic amines) is 1. The summed E-state index contributed by atoms with van der Waals surface area (Å²) in [6, 6.07) is 6.70. The largest absolute Gasteiger partial charge is 0.361 e. The molecule has 0 radical (unpaired) electrons. The molecule has 18 heavy (non-hydrogen) atoms. The summed E-state index contributed by atoms with van der Waals surface area (Å²) in [5, 5.41) is 5.42. The maximum absolute atomic E-state index is 6.00. The number of aromatic amines is 1. The molecule has 1 aromatic carbocycles. The predicted octanol–water partition coefficient (Wildman–Crippen LogP) is 2.62. The fourth-order valence-corrected chi connectivity index (χ4v) is 2.91. The Balaban J connectivity index is 1.79. The lowest BCUT2D eigenvalue weighted by Crippen LogP contribution is -2.29. The van der Waals surface area contributed by atoms with Crippen LogP contribution < -0.4 is 5.32 Å². The zero-order valence-electron chi connectivity index (χ0n) is 10.5. The lowest BCUT2D eigenvalue weighted by atomic mass is 10.1. The number of likely N-dealkylation sites (N-methyl/N-ethyl adjacent to an activating group) is 1. The molecule has 2 heterocycles. The lowest BCUT2D eigenvalue weighted by Gasteiger charge is -2.15. The maximum Gasteiger partial charge on any atom is 0.0472 e. The molecule has 1 unspecified atom stereocenters. The SMILES string of the molecule is CNC1CCN(Cc2c[nH]c3cc(Cl)ccc23)C1. The van der Waals surface area contributed by atoms with Crippen molar-refractivity contribution in [3.05, 3.63) is 35.0 Å². The molecule has 2 N–H and O–H groups in total. The first-order valence-electron chi connectivity index (χ1n) is 6.41.